The molecule has 6 nitrogen and oxygen atoms in total. The fraction of sp³-hybridized carbons (Fsp3) is 0.400. The van der Waals surface area contributed by atoms with E-state index >= 15 is 0 Å². The summed E-state index contributed by atoms with van der Waals surface area (Å²) in [4.78, 5) is 10.8. The molecule has 0 saturated carbocycles. The molecule has 3 N–H and O–H groups in total. The molecule has 0 aromatic carbocycles. The highest BCUT2D eigenvalue weighted by atomic mass is 32.2. The fourth-order valence-corrected chi connectivity index (χ4v) is 1.89. The number of carbonyl (C=O) groups is 1. The molecule has 0 unspecified atom stereocenters. The summed E-state index contributed by atoms with van der Waals surface area (Å²) < 4.78 is 29.8. The van der Waals surface area contributed by atoms with E-state index in [-0.39, 0.29) is 0 Å². The number of nitrogens with zero attached hydrogens (tertiary/aromatic N) is 1. The third kappa shape index (κ3) is 1.11. The van der Waals surface area contributed by atoms with Gasteiger partial charge in [0.1, 0.15) is 6.04 Å². The van der Waals surface area contributed by atoms with Crippen LogP contribution in [0, 0.1) is 0 Å². The van der Waals surface area contributed by atoms with E-state index in [1.54, 1.807) is 0 Å². The number of rotatable bonds is 2. The first-order chi connectivity index (χ1) is 5.39. The average molecular weight is 192 g/mol. The Labute approximate surface area is 69.5 Å². The Kier molecular flexibility index (Phi) is 1.94. The molecule has 12 heavy (non-hydrogen) atoms. The molecule has 0 spiro atoms. The van der Waals surface area contributed by atoms with Crippen molar-refractivity contribution in [3.05, 3.63) is 12.7 Å². The topological polar surface area (TPSA) is 101 Å². The summed E-state index contributed by atoms with van der Waals surface area (Å²) in [6, 6.07) is -1.74. The third-order valence-electron chi connectivity index (χ3n) is 1.63. The molecule has 68 valence electrons. The minimum absolute atomic E-state index is 0.296. The summed E-state index contributed by atoms with van der Waals surface area (Å²) in [5, 5.41) is 0. The normalized spacial score (nSPS) is 29.8. The number of carbonyl (C=O) groups excluding carboxylic acids is 1. The van der Waals surface area contributed by atoms with Gasteiger partial charge in [-0.1, -0.05) is 6.08 Å². The molecule has 0 bridgehead atoms. The molecule has 0 radical (unpaired) electrons. The van der Waals surface area contributed by atoms with Crippen LogP contribution in [0.1, 0.15) is 0 Å². The first-order valence-corrected chi connectivity index (χ1v) is 4.48. The SMILES string of the molecule is C=C[C@H]1[C@H](N)C(=O)N1S(=O)(=O)O. The van der Waals surface area contributed by atoms with Gasteiger partial charge in [-0.15, -0.1) is 6.58 Å². The number of nitrogens with two attached hydrogens (primary N) is 1. The lowest BCUT2D eigenvalue weighted by Gasteiger charge is -2.40. The van der Waals surface area contributed by atoms with Crippen LogP contribution in [0.5, 0.6) is 0 Å². The Morgan fingerprint density at radius 3 is 2.42 bits per heavy atom. The smallest absolute Gasteiger partial charge is 0.318 e. The Morgan fingerprint density at radius 1 is 1.67 bits per heavy atom. The molecular formula is C5H8N2O4S. The Bertz CT molecular complexity index is 322. The monoisotopic (exact) mass is 192 g/mol. The second-order valence-corrected chi connectivity index (χ2v) is 3.65. The van der Waals surface area contributed by atoms with Gasteiger partial charge in [0.05, 0.1) is 6.04 Å². The molecule has 1 amide bonds. The Morgan fingerprint density at radius 2 is 2.17 bits per heavy atom. The van der Waals surface area contributed by atoms with Crippen LogP contribution in [0.4, 0.5) is 0 Å². The fourth-order valence-electron chi connectivity index (χ4n) is 1.01. The summed E-state index contributed by atoms with van der Waals surface area (Å²) >= 11 is 0. The standard InChI is InChI=1S/C5H8N2O4S/c1-2-3-4(6)5(8)7(3)12(9,10)11/h2-4H,1,6H2,(H,9,10,11)/t3-,4-/m0/s1. The summed E-state index contributed by atoms with van der Waals surface area (Å²) in [5.41, 5.74) is 5.23. The van der Waals surface area contributed by atoms with Crippen molar-refractivity contribution >= 4 is 16.2 Å². The van der Waals surface area contributed by atoms with E-state index in [0.29, 0.717) is 4.31 Å². The minimum atomic E-state index is -4.48. The summed E-state index contributed by atoms with van der Waals surface area (Å²) in [6.45, 7) is 3.28. The van der Waals surface area contributed by atoms with Crippen molar-refractivity contribution < 1.29 is 17.8 Å². The maximum atomic E-state index is 10.8. The summed E-state index contributed by atoms with van der Waals surface area (Å²) in [5.74, 6) is -0.817. The van der Waals surface area contributed by atoms with Crippen molar-refractivity contribution in [3.63, 3.8) is 0 Å². The average Bonchev–Trinajstić information content (AvgIpc) is 1.95. The third-order valence-corrected chi connectivity index (χ3v) is 2.55. The summed E-state index contributed by atoms with van der Waals surface area (Å²) in [7, 11) is -4.48. The van der Waals surface area contributed by atoms with Crippen molar-refractivity contribution in [3.8, 4) is 0 Å². The van der Waals surface area contributed by atoms with Gasteiger partial charge in [0.2, 0.25) is 0 Å². The number of hydrogen-bond acceptors (Lipinski definition) is 4. The van der Waals surface area contributed by atoms with Gasteiger partial charge >= 0.3 is 10.3 Å². The predicted octanol–water partition coefficient (Wildman–Crippen LogP) is -1.49. The molecule has 0 aromatic heterocycles. The maximum absolute atomic E-state index is 10.8. The molecule has 7 heteroatoms. The van der Waals surface area contributed by atoms with Crippen LogP contribution in [0.2, 0.25) is 0 Å². The van der Waals surface area contributed by atoms with Crippen LogP contribution in [0.3, 0.4) is 0 Å². The van der Waals surface area contributed by atoms with E-state index in [9.17, 15) is 13.2 Å². The largest absolute Gasteiger partial charge is 0.362 e. The van der Waals surface area contributed by atoms with Gasteiger partial charge in [0.25, 0.3) is 5.91 Å². The molecule has 1 heterocycles. The number of amides is 1. The molecule has 1 saturated heterocycles. The Balaban J connectivity index is 2.95. The van der Waals surface area contributed by atoms with E-state index < -0.39 is 28.3 Å². The van der Waals surface area contributed by atoms with Crippen molar-refractivity contribution in [2.75, 3.05) is 0 Å². The molecule has 1 aliphatic heterocycles. The molecular weight excluding hydrogens is 184 g/mol. The van der Waals surface area contributed by atoms with E-state index in [1.807, 2.05) is 0 Å². The van der Waals surface area contributed by atoms with Crippen LogP contribution >= 0.6 is 0 Å². The molecule has 0 aromatic rings. The van der Waals surface area contributed by atoms with Gasteiger partial charge in [-0.3, -0.25) is 9.35 Å². The zero-order chi connectivity index (χ0) is 9.52. The maximum Gasteiger partial charge on any atom is 0.362 e. The highest BCUT2D eigenvalue weighted by molar-refractivity contribution is 7.84. The number of β-lactam (4-membered cyclic amide) rings is 1. The quantitative estimate of drug-likeness (QED) is 0.315. The number of hydrogen-bond donors (Lipinski definition) is 2. The highest BCUT2D eigenvalue weighted by Gasteiger charge is 2.49. The van der Waals surface area contributed by atoms with Crippen molar-refractivity contribution in [1.82, 2.24) is 4.31 Å². The van der Waals surface area contributed by atoms with Crippen LogP contribution in [-0.4, -0.2) is 35.3 Å². The van der Waals surface area contributed by atoms with Crippen LogP contribution in [-0.2, 0) is 15.1 Å². The van der Waals surface area contributed by atoms with Gasteiger partial charge in [-0.2, -0.15) is 8.42 Å². The molecule has 1 rings (SSSR count). The minimum Gasteiger partial charge on any atom is -0.318 e. The summed E-state index contributed by atoms with van der Waals surface area (Å²) in [6.07, 6.45) is 1.19. The van der Waals surface area contributed by atoms with Gasteiger partial charge < -0.3 is 5.73 Å². The molecule has 1 aliphatic rings. The first-order valence-electron chi connectivity index (χ1n) is 3.08. The predicted molar refractivity (Wildman–Crippen MR) is 40.4 cm³/mol. The highest BCUT2D eigenvalue weighted by Crippen LogP contribution is 2.21. The van der Waals surface area contributed by atoms with Gasteiger partial charge in [-0.05, 0) is 0 Å². The Hall–Kier alpha value is -0.920. The van der Waals surface area contributed by atoms with Gasteiger partial charge in [0, 0.05) is 0 Å². The zero-order valence-electron chi connectivity index (χ0n) is 6.04. The van der Waals surface area contributed by atoms with E-state index in [0.717, 1.165) is 0 Å². The van der Waals surface area contributed by atoms with E-state index in [2.05, 4.69) is 6.58 Å². The van der Waals surface area contributed by atoms with Gasteiger partial charge in [-0.25, -0.2) is 4.31 Å². The second kappa shape index (κ2) is 2.54. The second-order valence-electron chi connectivity index (χ2n) is 2.36. The molecule has 0 aliphatic carbocycles. The van der Waals surface area contributed by atoms with Gasteiger partial charge in [0.15, 0.2) is 0 Å². The lowest BCUT2D eigenvalue weighted by Crippen LogP contribution is -2.69. The van der Waals surface area contributed by atoms with Crippen molar-refractivity contribution in [1.29, 1.82) is 0 Å². The molecule has 2 atom stereocenters. The van der Waals surface area contributed by atoms with Crippen LogP contribution in [0.25, 0.3) is 0 Å². The first kappa shape index (κ1) is 9.17. The van der Waals surface area contributed by atoms with Crippen LogP contribution in [0.15, 0.2) is 12.7 Å². The van der Waals surface area contributed by atoms with Crippen LogP contribution < -0.4 is 5.73 Å². The van der Waals surface area contributed by atoms with E-state index in [1.165, 1.54) is 6.08 Å². The lowest BCUT2D eigenvalue weighted by atomic mass is 10.0. The lowest BCUT2D eigenvalue weighted by molar-refractivity contribution is -0.138. The van der Waals surface area contributed by atoms with E-state index in [4.69, 9.17) is 10.3 Å². The molecule has 1 fully saturated rings. The zero-order valence-corrected chi connectivity index (χ0v) is 6.86. The van der Waals surface area contributed by atoms with Crippen molar-refractivity contribution in [2.24, 2.45) is 5.73 Å². The van der Waals surface area contributed by atoms with Crippen molar-refractivity contribution in [2.45, 2.75) is 12.1 Å².